The first-order valence-electron chi connectivity index (χ1n) is 10.3. The second kappa shape index (κ2) is 9.35. The van der Waals surface area contributed by atoms with E-state index in [1.54, 1.807) is 12.2 Å². The molecule has 0 spiro atoms. The summed E-state index contributed by atoms with van der Waals surface area (Å²) in [5, 5.41) is 0. The van der Waals surface area contributed by atoms with Crippen LogP contribution in [0, 0.1) is 5.92 Å². The fraction of sp³-hybridized carbons (Fsp3) is 0.320. The largest absolute Gasteiger partial charge is 0.416 e. The zero-order chi connectivity index (χ0) is 23.5. The van der Waals surface area contributed by atoms with E-state index in [1.165, 1.54) is 24.3 Å². The summed E-state index contributed by atoms with van der Waals surface area (Å²) < 4.78 is 76.7. The Kier molecular flexibility index (Phi) is 6.96. The number of ketones is 1. The number of allylic oxidation sites excluding steroid dienone is 2. The van der Waals surface area contributed by atoms with Crippen LogP contribution < -0.4 is 0 Å². The minimum Gasteiger partial charge on any atom is -0.289 e. The van der Waals surface area contributed by atoms with Crippen LogP contribution >= 0.6 is 0 Å². The summed E-state index contributed by atoms with van der Waals surface area (Å²) in [5.74, 6) is -0.0451. The average molecular weight is 452 g/mol. The highest BCUT2D eigenvalue weighted by molar-refractivity contribution is 6.14. The lowest BCUT2D eigenvalue weighted by molar-refractivity contribution is -0.138. The van der Waals surface area contributed by atoms with Crippen LogP contribution in [0.2, 0.25) is 0 Å². The molecule has 0 saturated heterocycles. The zero-order valence-corrected chi connectivity index (χ0v) is 17.4. The van der Waals surface area contributed by atoms with E-state index in [9.17, 15) is 31.1 Å². The standard InChI is InChI=1S/C25H22F6O/c1-2-3-18-14-19(12-16-4-8-21(9-5-16)24(26,27)28)23(32)20(15-18)13-17-6-10-22(11-7-17)25(29,30)31/h4-13,18H,2-3,14-15H2,1H3/b19-12-,20-13+. The molecule has 1 aliphatic carbocycles. The van der Waals surface area contributed by atoms with E-state index in [0.717, 1.165) is 37.1 Å². The van der Waals surface area contributed by atoms with E-state index in [2.05, 4.69) is 0 Å². The number of benzene rings is 2. The number of carbonyl (C=O) groups is 1. The fourth-order valence-electron chi connectivity index (χ4n) is 3.89. The van der Waals surface area contributed by atoms with Crippen LogP contribution in [0.1, 0.15) is 54.9 Å². The van der Waals surface area contributed by atoms with Crippen LogP contribution in [0.25, 0.3) is 12.2 Å². The van der Waals surface area contributed by atoms with Gasteiger partial charge in [-0.1, -0.05) is 44.0 Å². The summed E-state index contributed by atoms with van der Waals surface area (Å²) in [5.41, 5.74) is 0.447. The molecule has 32 heavy (non-hydrogen) atoms. The molecule has 0 aliphatic heterocycles. The van der Waals surface area contributed by atoms with Gasteiger partial charge in [0.2, 0.25) is 0 Å². The Bertz CT molecular complexity index is 929. The molecule has 0 aromatic heterocycles. The Morgan fingerprint density at radius 3 is 1.44 bits per heavy atom. The van der Waals surface area contributed by atoms with Crippen molar-refractivity contribution in [3.63, 3.8) is 0 Å². The van der Waals surface area contributed by atoms with Crippen molar-refractivity contribution >= 4 is 17.9 Å². The summed E-state index contributed by atoms with van der Waals surface area (Å²) in [6, 6.07) is 9.20. The molecule has 3 rings (SSSR count). The maximum atomic E-state index is 13.0. The van der Waals surface area contributed by atoms with Gasteiger partial charge in [-0.2, -0.15) is 26.3 Å². The highest BCUT2D eigenvalue weighted by Gasteiger charge is 2.31. The number of hydrogen-bond acceptors (Lipinski definition) is 1. The zero-order valence-electron chi connectivity index (χ0n) is 17.4. The molecule has 170 valence electrons. The van der Waals surface area contributed by atoms with Gasteiger partial charge in [0.05, 0.1) is 11.1 Å². The van der Waals surface area contributed by atoms with Gasteiger partial charge in [0.15, 0.2) is 5.78 Å². The molecule has 1 nitrogen and oxygen atoms in total. The SMILES string of the molecule is CCCC1C/C(=C/c2ccc(C(F)(F)F)cc2)C(=O)/C(=C/c2ccc(C(F)(F)F)cc2)C1. The van der Waals surface area contributed by atoms with Gasteiger partial charge in [0.1, 0.15) is 0 Å². The van der Waals surface area contributed by atoms with Crippen LogP contribution in [0.4, 0.5) is 26.3 Å². The van der Waals surface area contributed by atoms with Crippen molar-refractivity contribution in [3.05, 3.63) is 81.9 Å². The Labute approximate surface area is 182 Å². The van der Waals surface area contributed by atoms with Crippen LogP contribution in [-0.4, -0.2) is 5.78 Å². The van der Waals surface area contributed by atoms with E-state index in [-0.39, 0.29) is 11.7 Å². The third-order valence-corrected chi connectivity index (χ3v) is 5.46. The van der Waals surface area contributed by atoms with Crippen LogP contribution in [-0.2, 0) is 17.1 Å². The predicted molar refractivity (Wildman–Crippen MR) is 111 cm³/mol. The highest BCUT2D eigenvalue weighted by Crippen LogP contribution is 2.36. The van der Waals surface area contributed by atoms with Crippen molar-refractivity contribution in [2.75, 3.05) is 0 Å². The quantitative estimate of drug-likeness (QED) is 0.340. The molecular formula is C25H22F6O. The van der Waals surface area contributed by atoms with Crippen molar-refractivity contribution in [2.45, 2.75) is 45.0 Å². The van der Waals surface area contributed by atoms with Gasteiger partial charge in [-0.05, 0) is 66.3 Å². The summed E-state index contributed by atoms with van der Waals surface area (Å²) in [7, 11) is 0. The van der Waals surface area contributed by atoms with Crippen LogP contribution in [0.3, 0.4) is 0 Å². The summed E-state index contributed by atoms with van der Waals surface area (Å²) >= 11 is 0. The smallest absolute Gasteiger partial charge is 0.289 e. The van der Waals surface area contributed by atoms with Gasteiger partial charge in [-0.15, -0.1) is 0 Å². The van der Waals surface area contributed by atoms with Crippen molar-refractivity contribution in [1.29, 1.82) is 0 Å². The van der Waals surface area contributed by atoms with Gasteiger partial charge in [-0.25, -0.2) is 0 Å². The Hall–Kier alpha value is -2.83. The molecule has 1 aliphatic rings. The summed E-state index contributed by atoms with van der Waals surface area (Å²) in [6.07, 6.45) is -2.87. The highest BCUT2D eigenvalue weighted by atomic mass is 19.4. The molecule has 0 amide bonds. The molecule has 1 fully saturated rings. The van der Waals surface area contributed by atoms with Gasteiger partial charge in [0.25, 0.3) is 0 Å². The fourth-order valence-corrected chi connectivity index (χ4v) is 3.89. The lowest BCUT2D eigenvalue weighted by Crippen LogP contribution is -2.20. The molecule has 1 saturated carbocycles. The van der Waals surface area contributed by atoms with Gasteiger partial charge >= 0.3 is 12.4 Å². The summed E-state index contributed by atoms with van der Waals surface area (Å²) in [6.45, 7) is 2.02. The van der Waals surface area contributed by atoms with Gasteiger partial charge in [0, 0.05) is 11.1 Å². The number of Topliss-reactive ketones (excluding diaryl/α,β-unsaturated/α-hetero) is 1. The lowest BCUT2D eigenvalue weighted by Gasteiger charge is -2.25. The predicted octanol–water partition coefficient (Wildman–Crippen LogP) is 7.97. The molecule has 1 atom stereocenters. The van der Waals surface area contributed by atoms with Crippen LogP contribution in [0.15, 0.2) is 59.7 Å². The molecule has 0 N–H and O–H groups in total. The van der Waals surface area contributed by atoms with Crippen molar-refractivity contribution in [2.24, 2.45) is 5.92 Å². The first-order chi connectivity index (χ1) is 15.0. The number of carbonyl (C=O) groups excluding carboxylic acids is 1. The lowest BCUT2D eigenvalue weighted by atomic mass is 9.78. The molecule has 7 heteroatoms. The number of rotatable bonds is 4. The third kappa shape index (κ3) is 5.90. The monoisotopic (exact) mass is 452 g/mol. The van der Waals surface area contributed by atoms with Crippen molar-refractivity contribution < 1.29 is 31.1 Å². The Balaban J connectivity index is 1.90. The first kappa shape index (κ1) is 23.8. The van der Waals surface area contributed by atoms with Crippen molar-refractivity contribution in [3.8, 4) is 0 Å². The molecule has 2 aromatic carbocycles. The maximum absolute atomic E-state index is 13.0. The Morgan fingerprint density at radius 2 is 1.12 bits per heavy atom. The average Bonchev–Trinajstić information content (AvgIpc) is 2.71. The normalized spacial score (nSPS) is 20.2. The number of alkyl halides is 6. The number of hydrogen-bond donors (Lipinski definition) is 0. The minimum absolute atomic E-state index is 0.180. The molecular weight excluding hydrogens is 430 g/mol. The molecule has 0 heterocycles. The topological polar surface area (TPSA) is 17.1 Å². The van der Waals surface area contributed by atoms with E-state index in [0.29, 0.717) is 35.1 Å². The van der Waals surface area contributed by atoms with Crippen molar-refractivity contribution in [1.82, 2.24) is 0 Å². The van der Waals surface area contributed by atoms with E-state index in [1.807, 2.05) is 6.92 Å². The molecule has 2 aromatic rings. The molecule has 0 radical (unpaired) electrons. The second-order valence-electron chi connectivity index (χ2n) is 7.97. The van der Waals surface area contributed by atoms with E-state index < -0.39 is 23.5 Å². The Morgan fingerprint density at radius 1 is 0.750 bits per heavy atom. The third-order valence-electron chi connectivity index (χ3n) is 5.46. The second-order valence-corrected chi connectivity index (χ2v) is 7.97. The molecule has 0 bridgehead atoms. The summed E-state index contributed by atoms with van der Waals surface area (Å²) in [4.78, 5) is 13.0. The van der Waals surface area contributed by atoms with E-state index >= 15 is 0 Å². The van der Waals surface area contributed by atoms with Gasteiger partial charge in [-0.3, -0.25) is 4.79 Å². The molecule has 1 unspecified atom stereocenters. The van der Waals surface area contributed by atoms with Gasteiger partial charge < -0.3 is 0 Å². The number of halogens is 6. The first-order valence-corrected chi connectivity index (χ1v) is 10.3. The minimum atomic E-state index is -4.43. The van der Waals surface area contributed by atoms with E-state index in [4.69, 9.17) is 0 Å². The van der Waals surface area contributed by atoms with Crippen LogP contribution in [0.5, 0.6) is 0 Å². The maximum Gasteiger partial charge on any atom is 0.416 e.